The van der Waals surface area contributed by atoms with Crippen LogP contribution in [0.2, 0.25) is 0 Å². The van der Waals surface area contributed by atoms with Crippen LogP contribution in [-0.4, -0.2) is 31.1 Å². The van der Waals surface area contributed by atoms with E-state index in [9.17, 15) is 4.39 Å². The van der Waals surface area contributed by atoms with Crippen molar-refractivity contribution in [2.75, 3.05) is 20.1 Å². The number of likely N-dealkylation sites (N-methyl/N-ethyl adjacent to an activating group) is 1. The highest BCUT2D eigenvalue weighted by Crippen LogP contribution is 2.24. The van der Waals surface area contributed by atoms with E-state index in [1.54, 1.807) is 12.1 Å². The van der Waals surface area contributed by atoms with E-state index >= 15 is 0 Å². The van der Waals surface area contributed by atoms with Gasteiger partial charge in [-0.25, -0.2) is 4.39 Å². The molecular weight excluding hydrogens is 261 g/mol. The molecule has 1 atom stereocenters. The van der Waals surface area contributed by atoms with Crippen molar-refractivity contribution in [3.8, 4) is 5.75 Å². The summed E-state index contributed by atoms with van der Waals surface area (Å²) in [5, 5.41) is 0. The smallest absolute Gasteiger partial charge is 0.166 e. The Labute approximate surface area is 97.2 Å². The molecule has 82 valence electrons. The van der Waals surface area contributed by atoms with E-state index in [1.165, 1.54) is 6.07 Å². The van der Waals surface area contributed by atoms with Crippen LogP contribution in [0.4, 0.5) is 4.39 Å². The Morgan fingerprint density at radius 1 is 1.53 bits per heavy atom. The highest BCUT2D eigenvalue weighted by Gasteiger charge is 2.21. The Balaban J connectivity index is 2.04. The number of benzene rings is 1. The first-order valence-corrected chi connectivity index (χ1v) is 5.74. The Hall–Kier alpha value is -0.610. The summed E-state index contributed by atoms with van der Waals surface area (Å²) in [4.78, 5) is 2.18. The first kappa shape index (κ1) is 10.9. The van der Waals surface area contributed by atoms with Gasteiger partial charge in [-0.15, -0.1) is 0 Å². The SMILES string of the molecule is CN1CCC(Oc2ccc(Br)cc2F)C1. The van der Waals surface area contributed by atoms with E-state index in [-0.39, 0.29) is 11.9 Å². The molecule has 0 aliphatic carbocycles. The minimum Gasteiger partial charge on any atom is -0.486 e. The molecule has 1 aromatic rings. The van der Waals surface area contributed by atoms with Crippen LogP contribution >= 0.6 is 15.9 Å². The number of nitrogens with zero attached hydrogens (tertiary/aromatic N) is 1. The van der Waals surface area contributed by atoms with Crippen LogP contribution in [0.3, 0.4) is 0 Å². The summed E-state index contributed by atoms with van der Waals surface area (Å²) < 4.78 is 19.8. The summed E-state index contributed by atoms with van der Waals surface area (Å²) in [5.74, 6) is 0.0393. The molecule has 0 saturated carbocycles. The van der Waals surface area contributed by atoms with Gasteiger partial charge in [0.05, 0.1) is 0 Å². The fraction of sp³-hybridized carbons (Fsp3) is 0.455. The van der Waals surface area contributed by atoms with Crippen LogP contribution in [0.15, 0.2) is 22.7 Å². The van der Waals surface area contributed by atoms with Gasteiger partial charge in [-0.3, -0.25) is 0 Å². The van der Waals surface area contributed by atoms with Gasteiger partial charge >= 0.3 is 0 Å². The molecule has 1 aromatic carbocycles. The molecule has 1 unspecified atom stereocenters. The fourth-order valence-corrected chi connectivity index (χ4v) is 2.07. The van der Waals surface area contributed by atoms with Crippen molar-refractivity contribution in [2.24, 2.45) is 0 Å². The van der Waals surface area contributed by atoms with Gasteiger partial charge in [-0.1, -0.05) is 15.9 Å². The lowest BCUT2D eigenvalue weighted by molar-refractivity contribution is 0.199. The molecule has 0 aromatic heterocycles. The number of halogens is 2. The molecular formula is C11H13BrFNO. The molecule has 1 aliphatic heterocycles. The fourth-order valence-electron chi connectivity index (χ4n) is 1.74. The number of rotatable bonds is 2. The van der Waals surface area contributed by atoms with Gasteiger partial charge in [0.15, 0.2) is 11.6 Å². The second-order valence-corrected chi connectivity index (χ2v) is 4.78. The molecule has 0 N–H and O–H groups in total. The van der Waals surface area contributed by atoms with Crippen LogP contribution in [0.5, 0.6) is 5.75 Å². The Morgan fingerprint density at radius 2 is 2.33 bits per heavy atom. The number of hydrogen-bond donors (Lipinski definition) is 0. The highest BCUT2D eigenvalue weighted by atomic mass is 79.9. The first-order chi connectivity index (χ1) is 7.15. The summed E-state index contributed by atoms with van der Waals surface area (Å²) in [5.41, 5.74) is 0. The molecule has 0 radical (unpaired) electrons. The Morgan fingerprint density at radius 3 is 2.93 bits per heavy atom. The van der Waals surface area contributed by atoms with E-state index in [1.807, 2.05) is 7.05 Å². The molecule has 2 rings (SSSR count). The molecule has 1 fully saturated rings. The molecule has 15 heavy (non-hydrogen) atoms. The molecule has 0 amide bonds. The maximum absolute atomic E-state index is 13.4. The van der Waals surface area contributed by atoms with E-state index in [0.717, 1.165) is 24.0 Å². The van der Waals surface area contributed by atoms with Gasteiger partial charge in [0, 0.05) is 17.6 Å². The first-order valence-electron chi connectivity index (χ1n) is 4.95. The number of hydrogen-bond acceptors (Lipinski definition) is 2. The zero-order valence-electron chi connectivity index (χ0n) is 8.54. The van der Waals surface area contributed by atoms with Gasteiger partial charge in [0.2, 0.25) is 0 Å². The predicted molar refractivity (Wildman–Crippen MR) is 60.6 cm³/mol. The molecule has 1 heterocycles. The Kier molecular flexibility index (Phi) is 3.26. The maximum atomic E-state index is 13.4. The predicted octanol–water partition coefficient (Wildman–Crippen LogP) is 2.67. The topological polar surface area (TPSA) is 12.5 Å². The minimum atomic E-state index is -0.307. The lowest BCUT2D eigenvalue weighted by Gasteiger charge is -2.14. The zero-order valence-corrected chi connectivity index (χ0v) is 10.1. The van der Waals surface area contributed by atoms with Crippen molar-refractivity contribution in [3.63, 3.8) is 0 Å². The van der Waals surface area contributed by atoms with E-state index < -0.39 is 0 Å². The van der Waals surface area contributed by atoms with Crippen LogP contribution in [-0.2, 0) is 0 Å². The van der Waals surface area contributed by atoms with E-state index in [2.05, 4.69) is 20.8 Å². The average molecular weight is 274 g/mol. The monoisotopic (exact) mass is 273 g/mol. The zero-order chi connectivity index (χ0) is 10.8. The van der Waals surface area contributed by atoms with Gasteiger partial charge in [0.1, 0.15) is 6.10 Å². The molecule has 0 bridgehead atoms. The minimum absolute atomic E-state index is 0.116. The summed E-state index contributed by atoms with van der Waals surface area (Å²) in [6.07, 6.45) is 1.08. The quantitative estimate of drug-likeness (QED) is 0.822. The van der Waals surface area contributed by atoms with Crippen molar-refractivity contribution >= 4 is 15.9 Å². The summed E-state index contributed by atoms with van der Waals surface area (Å²) in [6.45, 7) is 1.89. The van der Waals surface area contributed by atoms with Crippen molar-refractivity contribution in [2.45, 2.75) is 12.5 Å². The third-order valence-electron chi connectivity index (χ3n) is 2.54. The van der Waals surface area contributed by atoms with Gasteiger partial charge < -0.3 is 9.64 Å². The standard InChI is InChI=1S/C11H13BrFNO/c1-14-5-4-9(7-14)15-11-3-2-8(12)6-10(11)13/h2-3,6,9H,4-5,7H2,1H3. The third-order valence-corrected chi connectivity index (χ3v) is 3.03. The normalized spacial score (nSPS) is 21.9. The average Bonchev–Trinajstić information content (AvgIpc) is 2.56. The maximum Gasteiger partial charge on any atom is 0.166 e. The van der Waals surface area contributed by atoms with Crippen LogP contribution in [0.1, 0.15) is 6.42 Å². The Bertz CT molecular complexity index is 358. The van der Waals surface area contributed by atoms with Gasteiger partial charge in [0.25, 0.3) is 0 Å². The van der Waals surface area contributed by atoms with Crippen LogP contribution in [0.25, 0.3) is 0 Å². The van der Waals surface area contributed by atoms with Crippen molar-refractivity contribution in [1.82, 2.24) is 4.90 Å². The molecule has 0 spiro atoms. The lowest BCUT2D eigenvalue weighted by Crippen LogP contribution is -2.21. The third kappa shape index (κ3) is 2.69. The molecule has 1 saturated heterocycles. The van der Waals surface area contributed by atoms with Crippen molar-refractivity contribution in [1.29, 1.82) is 0 Å². The van der Waals surface area contributed by atoms with Crippen LogP contribution < -0.4 is 4.74 Å². The molecule has 2 nitrogen and oxygen atoms in total. The largest absolute Gasteiger partial charge is 0.486 e. The lowest BCUT2D eigenvalue weighted by atomic mass is 10.3. The number of likely N-dealkylation sites (tertiary alicyclic amines) is 1. The second kappa shape index (κ2) is 4.49. The second-order valence-electron chi connectivity index (χ2n) is 3.87. The molecule has 4 heteroatoms. The summed E-state index contributed by atoms with van der Waals surface area (Å²) in [6, 6.07) is 4.88. The number of ether oxygens (including phenoxy) is 1. The van der Waals surface area contributed by atoms with Gasteiger partial charge in [-0.05, 0) is 31.7 Å². The molecule has 1 aliphatic rings. The van der Waals surface area contributed by atoms with Crippen molar-refractivity contribution in [3.05, 3.63) is 28.5 Å². The van der Waals surface area contributed by atoms with Crippen LogP contribution in [0, 0.1) is 5.82 Å². The van der Waals surface area contributed by atoms with E-state index in [0.29, 0.717) is 5.75 Å². The van der Waals surface area contributed by atoms with Gasteiger partial charge in [-0.2, -0.15) is 0 Å². The van der Waals surface area contributed by atoms with Crippen molar-refractivity contribution < 1.29 is 9.13 Å². The van der Waals surface area contributed by atoms with E-state index in [4.69, 9.17) is 4.74 Å². The summed E-state index contributed by atoms with van der Waals surface area (Å²) >= 11 is 3.21. The summed E-state index contributed by atoms with van der Waals surface area (Å²) in [7, 11) is 2.04. The highest BCUT2D eigenvalue weighted by molar-refractivity contribution is 9.10.